The van der Waals surface area contributed by atoms with E-state index in [-0.39, 0.29) is 22.1 Å². The number of halogens is 1. The van der Waals surface area contributed by atoms with E-state index in [1.54, 1.807) is 31.2 Å². The average molecular weight is 571 g/mol. The lowest BCUT2D eigenvalue weighted by Gasteiger charge is -2.13. The van der Waals surface area contributed by atoms with Crippen LogP contribution in [0.15, 0.2) is 58.0 Å². The van der Waals surface area contributed by atoms with Crippen LogP contribution in [0.2, 0.25) is 0 Å². The van der Waals surface area contributed by atoms with Crippen LogP contribution < -0.4 is 4.18 Å². The van der Waals surface area contributed by atoms with E-state index < -0.39 is 10.1 Å². The number of rotatable bonds is 8. The van der Waals surface area contributed by atoms with Crippen molar-refractivity contribution < 1.29 is 17.4 Å². The topological polar surface area (TPSA) is 96.1 Å². The number of benzene rings is 2. The van der Waals surface area contributed by atoms with Crippen molar-refractivity contribution >= 4 is 31.8 Å². The van der Waals surface area contributed by atoms with Gasteiger partial charge in [-0.3, -0.25) is 9.48 Å². The molecule has 0 saturated heterocycles. The van der Waals surface area contributed by atoms with Gasteiger partial charge in [0.2, 0.25) is 5.88 Å². The van der Waals surface area contributed by atoms with Gasteiger partial charge in [0.1, 0.15) is 10.5 Å². The SMILES string of the molecule is CCn1ncc(C(=O)c2ccc(Br)cc2Cc2c(C)nn(C)c2C)c1OS(=O)(=O)c1ccc(C)cc1. The lowest BCUT2D eigenvalue weighted by molar-refractivity contribution is 0.103. The molecule has 10 heteroatoms. The van der Waals surface area contributed by atoms with Crippen LogP contribution in [0.5, 0.6) is 5.88 Å². The van der Waals surface area contributed by atoms with Crippen molar-refractivity contribution in [1.29, 1.82) is 0 Å². The minimum Gasteiger partial charge on any atom is -0.358 e. The Balaban J connectivity index is 1.76. The normalized spacial score (nSPS) is 11.6. The minimum atomic E-state index is -4.18. The Bertz CT molecular complexity index is 1550. The molecule has 4 rings (SSSR count). The molecule has 2 aromatic heterocycles. The summed E-state index contributed by atoms with van der Waals surface area (Å²) in [5.74, 6) is -0.476. The first-order valence-electron chi connectivity index (χ1n) is 11.4. The highest BCUT2D eigenvalue weighted by molar-refractivity contribution is 9.10. The van der Waals surface area contributed by atoms with Crippen molar-refractivity contribution in [2.24, 2.45) is 7.05 Å². The molecule has 188 valence electrons. The van der Waals surface area contributed by atoms with Gasteiger partial charge in [0, 0.05) is 41.3 Å². The molecule has 4 aromatic rings. The molecular weight excluding hydrogens is 544 g/mol. The third-order valence-corrected chi connectivity index (χ3v) is 7.89. The van der Waals surface area contributed by atoms with Crippen LogP contribution >= 0.6 is 15.9 Å². The Hall–Kier alpha value is -3.24. The van der Waals surface area contributed by atoms with Crippen LogP contribution in [0.1, 0.15) is 50.9 Å². The van der Waals surface area contributed by atoms with Gasteiger partial charge in [-0.05, 0) is 63.6 Å². The monoisotopic (exact) mass is 570 g/mol. The molecule has 0 spiro atoms. The molecule has 0 fully saturated rings. The predicted octanol–water partition coefficient (Wildman–Crippen LogP) is 4.91. The van der Waals surface area contributed by atoms with Crippen LogP contribution in [0.3, 0.4) is 0 Å². The summed E-state index contributed by atoms with van der Waals surface area (Å²) >= 11 is 3.51. The summed E-state index contributed by atoms with van der Waals surface area (Å²) in [5, 5.41) is 8.70. The lowest BCUT2D eigenvalue weighted by atomic mass is 9.94. The number of aryl methyl sites for hydroxylation is 4. The van der Waals surface area contributed by atoms with Gasteiger partial charge in [-0.25, -0.2) is 4.68 Å². The van der Waals surface area contributed by atoms with Gasteiger partial charge >= 0.3 is 10.1 Å². The number of hydrogen-bond donors (Lipinski definition) is 0. The molecule has 0 saturated carbocycles. The maximum atomic E-state index is 13.8. The van der Waals surface area contributed by atoms with Crippen molar-refractivity contribution in [1.82, 2.24) is 19.6 Å². The van der Waals surface area contributed by atoms with E-state index in [1.165, 1.54) is 23.0 Å². The third-order valence-electron chi connectivity index (χ3n) is 6.17. The lowest BCUT2D eigenvalue weighted by Crippen LogP contribution is -2.16. The van der Waals surface area contributed by atoms with Crippen LogP contribution in [-0.2, 0) is 30.1 Å². The Kier molecular flexibility index (Phi) is 7.19. The summed E-state index contributed by atoms with van der Waals surface area (Å²) < 4.78 is 35.6. The highest BCUT2D eigenvalue weighted by Crippen LogP contribution is 2.29. The predicted molar refractivity (Wildman–Crippen MR) is 140 cm³/mol. The highest BCUT2D eigenvalue weighted by Gasteiger charge is 2.27. The summed E-state index contributed by atoms with van der Waals surface area (Å²) in [5.41, 5.74) is 5.16. The Labute approximate surface area is 219 Å². The number of carbonyl (C=O) groups excluding carboxylic acids is 1. The van der Waals surface area contributed by atoms with Crippen LogP contribution in [0.25, 0.3) is 0 Å². The average Bonchev–Trinajstić information content (AvgIpc) is 3.33. The molecule has 8 nitrogen and oxygen atoms in total. The smallest absolute Gasteiger partial charge is 0.340 e. The van der Waals surface area contributed by atoms with E-state index in [9.17, 15) is 13.2 Å². The van der Waals surface area contributed by atoms with E-state index in [2.05, 4.69) is 26.1 Å². The molecule has 0 bridgehead atoms. The molecule has 0 aliphatic rings. The molecule has 2 heterocycles. The zero-order valence-electron chi connectivity index (χ0n) is 20.7. The quantitative estimate of drug-likeness (QED) is 0.220. The second-order valence-electron chi connectivity index (χ2n) is 8.61. The number of carbonyl (C=O) groups is 1. The van der Waals surface area contributed by atoms with E-state index in [0.717, 1.165) is 32.6 Å². The third kappa shape index (κ3) is 5.01. The van der Waals surface area contributed by atoms with Gasteiger partial charge in [0.25, 0.3) is 0 Å². The maximum Gasteiger partial charge on any atom is 0.340 e. The number of ketones is 1. The van der Waals surface area contributed by atoms with E-state index >= 15 is 0 Å². The first-order valence-corrected chi connectivity index (χ1v) is 13.6. The second kappa shape index (κ2) is 10.0. The number of nitrogens with zero attached hydrogens (tertiary/aromatic N) is 4. The second-order valence-corrected chi connectivity index (χ2v) is 11.1. The summed E-state index contributed by atoms with van der Waals surface area (Å²) in [7, 11) is -2.29. The summed E-state index contributed by atoms with van der Waals surface area (Å²) in [4.78, 5) is 13.8. The van der Waals surface area contributed by atoms with Crippen molar-refractivity contribution in [3.63, 3.8) is 0 Å². The molecule has 0 amide bonds. The number of hydrogen-bond acceptors (Lipinski definition) is 6. The van der Waals surface area contributed by atoms with Crippen molar-refractivity contribution in [2.75, 3.05) is 0 Å². The number of aromatic nitrogens is 4. The summed E-state index contributed by atoms with van der Waals surface area (Å²) in [6.45, 7) is 7.92. The Morgan fingerprint density at radius 1 is 1.06 bits per heavy atom. The fourth-order valence-electron chi connectivity index (χ4n) is 4.04. The molecule has 0 aliphatic carbocycles. The standard InChI is InChI=1S/C26H27BrN4O4S/c1-6-31-26(35-36(33,34)21-10-7-16(2)8-11-21)24(15-28-31)25(32)22-12-9-20(27)13-19(22)14-23-17(3)29-30(5)18(23)4/h7-13,15H,6,14H2,1-5H3. The maximum absolute atomic E-state index is 13.8. The van der Waals surface area contributed by atoms with Gasteiger partial charge in [-0.1, -0.05) is 33.6 Å². The molecule has 0 unspecified atom stereocenters. The fraction of sp³-hybridized carbons (Fsp3) is 0.269. The molecule has 0 radical (unpaired) electrons. The van der Waals surface area contributed by atoms with E-state index in [0.29, 0.717) is 18.5 Å². The van der Waals surface area contributed by atoms with Crippen LogP contribution in [0.4, 0.5) is 0 Å². The zero-order valence-corrected chi connectivity index (χ0v) is 23.1. The van der Waals surface area contributed by atoms with Gasteiger partial charge < -0.3 is 4.18 Å². The zero-order chi connectivity index (χ0) is 26.2. The van der Waals surface area contributed by atoms with Crippen molar-refractivity contribution in [3.8, 4) is 5.88 Å². The van der Waals surface area contributed by atoms with E-state index in [1.807, 2.05) is 38.6 Å². The first-order chi connectivity index (χ1) is 17.0. The van der Waals surface area contributed by atoms with Gasteiger partial charge in [0.05, 0.1) is 11.9 Å². The van der Waals surface area contributed by atoms with Gasteiger partial charge in [-0.2, -0.15) is 18.6 Å². The molecule has 36 heavy (non-hydrogen) atoms. The Morgan fingerprint density at radius 3 is 2.36 bits per heavy atom. The summed E-state index contributed by atoms with van der Waals surface area (Å²) in [6.07, 6.45) is 1.85. The largest absolute Gasteiger partial charge is 0.358 e. The fourth-order valence-corrected chi connectivity index (χ4v) is 5.40. The van der Waals surface area contributed by atoms with Gasteiger partial charge in [-0.15, -0.1) is 0 Å². The van der Waals surface area contributed by atoms with Crippen molar-refractivity contribution in [3.05, 3.63) is 92.3 Å². The molecule has 0 atom stereocenters. The molecular formula is C26H27BrN4O4S. The van der Waals surface area contributed by atoms with Gasteiger partial charge in [0.15, 0.2) is 5.78 Å². The summed E-state index contributed by atoms with van der Waals surface area (Å²) in [6, 6.07) is 11.7. The molecule has 2 aromatic carbocycles. The van der Waals surface area contributed by atoms with E-state index in [4.69, 9.17) is 4.18 Å². The first kappa shape index (κ1) is 25.8. The van der Waals surface area contributed by atoms with Crippen LogP contribution in [-0.4, -0.2) is 33.8 Å². The molecule has 0 N–H and O–H groups in total. The molecule has 0 aliphatic heterocycles. The van der Waals surface area contributed by atoms with Crippen LogP contribution in [0, 0.1) is 20.8 Å². The Morgan fingerprint density at radius 2 is 1.75 bits per heavy atom. The van der Waals surface area contributed by atoms with Crippen molar-refractivity contribution in [2.45, 2.75) is 45.6 Å². The highest BCUT2D eigenvalue weighted by atomic mass is 79.9. The minimum absolute atomic E-state index is 0.00205.